The fourth-order valence-corrected chi connectivity index (χ4v) is 2.98. The Balaban J connectivity index is 1.79. The lowest BCUT2D eigenvalue weighted by Crippen LogP contribution is -2.45. The molecule has 2 N–H and O–H groups in total. The first kappa shape index (κ1) is 18.6. The predicted molar refractivity (Wildman–Crippen MR) is 98.3 cm³/mol. The molecular formula is C19H31N3O2. The van der Waals surface area contributed by atoms with Crippen LogP contribution in [0.2, 0.25) is 0 Å². The van der Waals surface area contributed by atoms with Crippen molar-refractivity contribution in [1.82, 2.24) is 10.6 Å². The van der Waals surface area contributed by atoms with E-state index in [1.807, 2.05) is 18.2 Å². The molecule has 0 amide bonds. The minimum Gasteiger partial charge on any atom is -0.469 e. The van der Waals surface area contributed by atoms with Crippen LogP contribution in [0.4, 0.5) is 0 Å². The van der Waals surface area contributed by atoms with E-state index in [-0.39, 0.29) is 0 Å². The Morgan fingerprint density at radius 3 is 2.83 bits per heavy atom. The Bertz CT molecular complexity index is 489. The fourth-order valence-electron chi connectivity index (χ4n) is 2.98. The molecule has 5 nitrogen and oxygen atoms in total. The molecule has 0 saturated heterocycles. The van der Waals surface area contributed by atoms with Gasteiger partial charge < -0.3 is 19.8 Å². The molecule has 0 bridgehead atoms. The lowest BCUT2D eigenvalue weighted by Gasteiger charge is -2.31. The van der Waals surface area contributed by atoms with Gasteiger partial charge in [-0.05, 0) is 51.7 Å². The van der Waals surface area contributed by atoms with Crippen molar-refractivity contribution >= 4 is 5.96 Å². The predicted octanol–water partition coefficient (Wildman–Crippen LogP) is 3.28. The maximum atomic E-state index is 5.92. The van der Waals surface area contributed by atoms with Crippen LogP contribution in [-0.2, 0) is 11.2 Å². The molecule has 5 heteroatoms. The molecule has 1 aliphatic rings. The molecule has 134 valence electrons. The number of nitrogens with zero attached hydrogens (tertiary/aromatic N) is 1. The van der Waals surface area contributed by atoms with Crippen molar-refractivity contribution in [3.63, 3.8) is 0 Å². The van der Waals surface area contributed by atoms with Crippen LogP contribution in [0.15, 0.2) is 40.5 Å². The number of hydrogen-bond acceptors (Lipinski definition) is 3. The SMILES string of the molecule is C=CCNC(=NCCc1ccco1)NC1CCC(OC(C)C)CC1. The van der Waals surface area contributed by atoms with E-state index in [9.17, 15) is 0 Å². The number of ether oxygens (including phenoxy) is 1. The average Bonchev–Trinajstić information content (AvgIpc) is 3.07. The summed E-state index contributed by atoms with van der Waals surface area (Å²) in [6.07, 6.45) is 9.52. The van der Waals surface area contributed by atoms with Crippen LogP contribution in [0.3, 0.4) is 0 Å². The molecule has 0 spiro atoms. The molecule has 24 heavy (non-hydrogen) atoms. The maximum Gasteiger partial charge on any atom is 0.191 e. The number of rotatable bonds is 8. The van der Waals surface area contributed by atoms with Gasteiger partial charge in [0.2, 0.25) is 0 Å². The highest BCUT2D eigenvalue weighted by molar-refractivity contribution is 5.80. The van der Waals surface area contributed by atoms with Crippen molar-refractivity contribution < 1.29 is 9.15 Å². The van der Waals surface area contributed by atoms with E-state index in [4.69, 9.17) is 9.15 Å². The van der Waals surface area contributed by atoms with E-state index < -0.39 is 0 Å². The topological polar surface area (TPSA) is 58.8 Å². The van der Waals surface area contributed by atoms with E-state index >= 15 is 0 Å². The third kappa shape index (κ3) is 6.79. The van der Waals surface area contributed by atoms with Crippen molar-refractivity contribution in [1.29, 1.82) is 0 Å². The summed E-state index contributed by atoms with van der Waals surface area (Å²) in [6.45, 7) is 9.38. The van der Waals surface area contributed by atoms with E-state index in [2.05, 4.69) is 36.1 Å². The van der Waals surface area contributed by atoms with E-state index in [1.165, 1.54) is 0 Å². The second-order valence-electron chi connectivity index (χ2n) is 6.53. The third-order valence-electron chi connectivity index (χ3n) is 4.10. The second kappa shape index (κ2) is 10.2. The van der Waals surface area contributed by atoms with Crippen LogP contribution in [-0.4, -0.2) is 37.3 Å². The van der Waals surface area contributed by atoms with E-state index in [1.54, 1.807) is 6.26 Å². The molecule has 0 aromatic carbocycles. The summed E-state index contributed by atoms with van der Waals surface area (Å²) >= 11 is 0. The van der Waals surface area contributed by atoms with Gasteiger partial charge >= 0.3 is 0 Å². The van der Waals surface area contributed by atoms with E-state index in [0.29, 0.717) is 31.3 Å². The van der Waals surface area contributed by atoms with Crippen LogP contribution in [0.25, 0.3) is 0 Å². The van der Waals surface area contributed by atoms with Crippen molar-refractivity contribution in [3.8, 4) is 0 Å². The molecule has 1 aliphatic carbocycles. The summed E-state index contributed by atoms with van der Waals surface area (Å²) < 4.78 is 11.3. The standard InChI is InChI=1S/C19H31N3O2/c1-4-12-20-19(21-13-11-17-6-5-14-23-17)22-16-7-9-18(10-8-16)24-15(2)3/h4-6,14-16,18H,1,7-13H2,2-3H3,(H2,20,21,22). The maximum absolute atomic E-state index is 5.92. The summed E-state index contributed by atoms with van der Waals surface area (Å²) in [6, 6.07) is 4.35. The summed E-state index contributed by atoms with van der Waals surface area (Å²) in [7, 11) is 0. The Kier molecular flexibility index (Phi) is 7.89. The molecule has 1 fully saturated rings. The lowest BCUT2D eigenvalue weighted by molar-refractivity contribution is -0.0152. The molecule has 1 aromatic heterocycles. The van der Waals surface area contributed by atoms with Gasteiger partial charge in [0.1, 0.15) is 5.76 Å². The first-order valence-corrected chi connectivity index (χ1v) is 9.01. The zero-order valence-corrected chi connectivity index (χ0v) is 15.0. The molecule has 0 atom stereocenters. The molecule has 2 rings (SSSR count). The van der Waals surface area contributed by atoms with Gasteiger partial charge in [0.05, 0.1) is 18.5 Å². The van der Waals surface area contributed by atoms with Crippen molar-refractivity contribution in [2.24, 2.45) is 4.99 Å². The summed E-state index contributed by atoms with van der Waals surface area (Å²) in [5.74, 6) is 1.82. The van der Waals surface area contributed by atoms with Gasteiger partial charge in [-0.25, -0.2) is 0 Å². The molecular weight excluding hydrogens is 302 g/mol. The van der Waals surface area contributed by atoms with Crippen LogP contribution in [0, 0.1) is 0 Å². The van der Waals surface area contributed by atoms with Gasteiger partial charge in [-0.15, -0.1) is 6.58 Å². The van der Waals surface area contributed by atoms with Gasteiger partial charge in [-0.3, -0.25) is 4.99 Å². The van der Waals surface area contributed by atoms with Gasteiger partial charge in [-0.2, -0.15) is 0 Å². The second-order valence-corrected chi connectivity index (χ2v) is 6.53. The zero-order chi connectivity index (χ0) is 17.2. The summed E-state index contributed by atoms with van der Waals surface area (Å²) in [5.41, 5.74) is 0. The number of aliphatic imine (C=N–C) groups is 1. The number of hydrogen-bond donors (Lipinski definition) is 2. The summed E-state index contributed by atoms with van der Waals surface area (Å²) in [5, 5.41) is 6.85. The highest BCUT2D eigenvalue weighted by Crippen LogP contribution is 2.22. The van der Waals surface area contributed by atoms with Crippen LogP contribution in [0.1, 0.15) is 45.3 Å². The minimum absolute atomic E-state index is 0.312. The van der Waals surface area contributed by atoms with Gasteiger partial charge in [0.25, 0.3) is 0 Å². The number of nitrogens with one attached hydrogen (secondary N) is 2. The zero-order valence-electron chi connectivity index (χ0n) is 15.0. The van der Waals surface area contributed by atoms with Gasteiger partial charge in [0, 0.05) is 25.6 Å². The Labute approximate surface area is 145 Å². The first-order chi connectivity index (χ1) is 11.7. The molecule has 0 unspecified atom stereocenters. The molecule has 1 heterocycles. The smallest absolute Gasteiger partial charge is 0.191 e. The van der Waals surface area contributed by atoms with Crippen molar-refractivity contribution in [2.45, 2.75) is 64.2 Å². The number of guanidine groups is 1. The monoisotopic (exact) mass is 333 g/mol. The van der Waals surface area contributed by atoms with E-state index in [0.717, 1.165) is 43.8 Å². The van der Waals surface area contributed by atoms with Crippen LogP contribution < -0.4 is 10.6 Å². The molecule has 1 saturated carbocycles. The quantitative estimate of drug-likeness (QED) is 0.435. The first-order valence-electron chi connectivity index (χ1n) is 9.01. The van der Waals surface area contributed by atoms with Crippen molar-refractivity contribution in [3.05, 3.63) is 36.8 Å². The number of furan rings is 1. The Morgan fingerprint density at radius 2 is 2.21 bits per heavy atom. The Hall–Kier alpha value is -1.75. The summed E-state index contributed by atoms with van der Waals surface area (Å²) in [4.78, 5) is 4.65. The molecule has 1 aromatic rings. The third-order valence-corrected chi connectivity index (χ3v) is 4.10. The van der Waals surface area contributed by atoms with Crippen molar-refractivity contribution in [2.75, 3.05) is 13.1 Å². The average molecular weight is 333 g/mol. The highest BCUT2D eigenvalue weighted by atomic mass is 16.5. The largest absolute Gasteiger partial charge is 0.469 e. The lowest BCUT2D eigenvalue weighted by atomic mass is 9.93. The molecule has 0 aliphatic heterocycles. The Morgan fingerprint density at radius 1 is 1.42 bits per heavy atom. The van der Waals surface area contributed by atoms with Gasteiger partial charge in [-0.1, -0.05) is 6.08 Å². The van der Waals surface area contributed by atoms with Crippen LogP contribution in [0.5, 0.6) is 0 Å². The van der Waals surface area contributed by atoms with Crippen LogP contribution >= 0.6 is 0 Å². The minimum atomic E-state index is 0.312. The normalized spacial score (nSPS) is 21.7. The fraction of sp³-hybridized carbons (Fsp3) is 0.632. The molecule has 0 radical (unpaired) electrons. The highest BCUT2D eigenvalue weighted by Gasteiger charge is 2.22. The van der Waals surface area contributed by atoms with Gasteiger partial charge in [0.15, 0.2) is 5.96 Å².